The van der Waals surface area contributed by atoms with Crippen LogP contribution >= 0.6 is 0 Å². The predicted molar refractivity (Wildman–Crippen MR) is 45.5 cm³/mol. The first-order valence-corrected chi connectivity index (χ1v) is 4.71. The van der Waals surface area contributed by atoms with Gasteiger partial charge in [0.1, 0.15) is 12.4 Å². The maximum atomic E-state index is 5.70. The fourth-order valence-corrected chi connectivity index (χ4v) is 2.29. The monoisotopic (exact) mass is 180 g/mol. The molecule has 1 aromatic rings. The van der Waals surface area contributed by atoms with Crippen LogP contribution in [0.2, 0.25) is 0 Å². The van der Waals surface area contributed by atoms with Gasteiger partial charge in [-0.25, -0.2) is 0 Å². The van der Waals surface area contributed by atoms with E-state index in [1.165, 1.54) is 19.5 Å². The van der Waals surface area contributed by atoms with Gasteiger partial charge in [0.2, 0.25) is 0 Å². The summed E-state index contributed by atoms with van der Waals surface area (Å²) in [6, 6.07) is 1.77. The average Bonchev–Trinajstić information content (AvgIpc) is 2.77. The summed E-state index contributed by atoms with van der Waals surface area (Å²) in [5.74, 6) is 1.33. The van der Waals surface area contributed by atoms with Crippen LogP contribution in [0.15, 0.2) is 16.9 Å². The standard InChI is InChI=1S/C9H12N2O2/c1-3-11-5-7(1)8(6-11)13-9-2-4-12-10-9/h2,4,7-8H,1,3,5-6H2. The highest BCUT2D eigenvalue weighted by Crippen LogP contribution is 2.30. The minimum absolute atomic E-state index is 0.332. The van der Waals surface area contributed by atoms with Crippen molar-refractivity contribution in [2.75, 3.05) is 19.6 Å². The van der Waals surface area contributed by atoms with E-state index < -0.39 is 0 Å². The quantitative estimate of drug-likeness (QED) is 0.673. The van der Waals surface area contributed by atoms with Crippen LogP contribution in [-0.2, 0) is 0 Å². The maximum absolute atomic E-state index is 5.70. The zero-order chi connectivity index (χ0) is 8.67. The molecule has 4 heteroatoms. The van der Waals surface area contributed by atoms with Crippen molar-refractivity contribution in [3.05, 3.63) is 12.3 Å². The normalized spacial score (nSPS) is 36.8. The highest BCUT2D eigenvalue weighted by atomic mass is 16.5. The molecule has 2 fully saturated rings. The molecule has 0 aromatic carbocycles. The Labute approximate surface area is 76.4 Å². The van der Waals surface area contributed by atoms with Gasteiger partial charge in [-0.3, -0.25) is 4.90 Å². The van der Waals surface area contributed by atoms with Crippen molar-refractivity contribution in [3.8, 4) is 5.88 Å². The molecule has 0 saturated carbocycles. The Bertz CT molecular complexity index is 286. The van der Waals surface area contributed by atoms with E-state index in [9.17, 15) is 0 Å². The SMILES string of the molecule is c1cc(OC2CN3CCC2C3)no1. The minimum atomic E-state index is 0.332. The van der Waals surface area contributed by atoms with Gasteiger partial charge in [0.05, 0.1) is 0 Å². The minimum Gasteiger partial charge on any atom is -0.470 e. The van der Waals surface area contributed by atoms with E-state index in [2.05, 4.69) is 10.1 Å². The van der Waals surface area contributed by atoms with Crippen molar-refractivity contribution < 1.29 is 9.26 Å². The van der Waals surface area contributed by atoms with Crippen LogP contribution in [0.5, 0.6) is 5.88 Å². The van der Waals surface area contributed by atoms with Crippen LogP contribution < -0.4 is 4.74 Å². The van der Waals surface area contributed by atoms with Crippen molar-refractivity contribution >= 4 is 0 Å². The molecule has 0 aliphatic carbocycles. The van der Waals surface area contributed by atoms with E-state index >= 15 is 0 Å². The Morgan fingerprint density at radius 3 is 3.15 bits per heavy atom. The summed E-state index contributed by atoms with van der Waals surface area (Å²) >= 11 is 0. The van der Waals surface area contributed by atoms with Gasteiger partial charge in [0.15, 0.2) is 0 Å². The third-order valence-electron chi connectivity index (χ3n) is 2.96. The van der Waals surface area contributed by atoms with Crippen molar-refractivity contribution in [3.63, 3.8) is 0 Å². The first-order chi connectivity index (χ1) is 6.42. The Morgan fingerprint density at radius 1 is 1.54 bits per heavy atom. The summed E-state index contributed by atoms with van der Waals surface area (Å²) in [6.07, 6.45) is 3.14. The molecule has 2 aliphatic heterocycles. The third kappa shape index (κ3) is 1.21. The Kier molecular flexibility index (Phi) is 1.55. The summed E-state index contributed by atoms with van der Waals surface area (Å²) in [4.78, 5) is 2.44. The van der Waals surface area contributed by atoms with E-state index in [-0.39, 0.29) is 0 Å². The molecule has 0 radical (unpaired) electrons. The van der Waals surface area contributed by atoms with Crippen LogP contribution in [0.3, 0.4) is 0 Å². The third-order valence-corrected chi connectivity index (χ3v) is 2.96. The molecule has 2 saturated heterocycles. The zero-order valence-corrected chi connectivity index (χ0v) is 7.35. The average molecular weight is 180 g/mol. The number of ether oxygens (including phenoxy) is 1. The van der Waals surface area contributed by atoms with Gasteiger partial charge in [-0.2, -0.15) is 0 Å². The highest BCUT2D eigenvalue weighted by Gasteiger charge is 2.39. The van der Waals surface area contributed by atoms with Gasteiger partial charge in [-0.15, -0.1) is 0 Å². The molecule has 0 spiro atoms. The van der Waals surface area contributed by atoms with Gasteiger partial charge < -0.3 is 9.26 Å². The van der Waals surface area contributed by atoms with Gasteiger partial charge in [0, 0.05) is 25.1 Å². The van der Waals surface area contributed by atoms with Crippen molar-refractivity contribution in [1.82, 2.24) is 10.1 Å². The van der Waals surface area contributed by atoms with Gasteiger partial charge in [-0.1, -0.05) is 0 Å². The van der Waals surface area contributed by atoms with Crippen LogP contribution in [0.4, 0.5) is 0 Å². The molecule has 70 valence electrons. The van der Waals surface area contributed by atoms with E-state index in [4.69, 9.17) is 9.26 Å². The second kappa shape index (κ2) is 2.73. The number of aromatic nitrogens is 1. The number of hydrogen-bond donors (Lipinski definition) is 0. The number of piperidine rings is 1. The van der Waals surface area contributed by atoms with Gasteiger partial charge >= 0.3 is 0 Å². The topological polar surface area (TPSA) is 38.5 Å². The number of hydrogen-bond acceptors (Lipinski definition) is 4. The summed E-state index contributed by atoms with van der Waals surface area (Å²) < 4.78 is 10.4. The summed E-state index contributed by atoms with van der Waals surface area (Å²) in [7, 11) is 0. The number of fused-ring (bicyclic) bond motifs is 2. The molecule has 2 bridgehead atoms. The van der Waals surface area contributed by atoms with Gasteiger partial charge in [0.25, 0.3) is 5.88 Å². The molecule has 1 aromatic heterocycles. The Morgan fingerprint density at radius 2 is 2.54 bits per heavy atom. The zero-order valence-electron chi connectivity index (χ0n) is 7.35. The summed E-state index contributed by atoms with van der Waals surface area (Å²) in [5.41, 5.74) is 0. The second-order valence-corrected chi connectivity index (χ2v) is 3.80. The molecule has 0 amide bonds. The molecule has 3 heterocycles. The van der Waals surface area contributed by atoms with Crippen LogP contribution in [0.25, 0.3) is 0 Å². The molecule has 3 atom stereocenters. The molecule has 2 aliphatic rings. The van der Waals surface area contributed by atoms with Crippen LogP contribution in [0, 0.1) is 5.92 Å². The predicted octanol–water partition coefficient (Wildman–Crippen LogP) is 0.757. The van der Waals surface area contributed by atoms with E-state index in [1.54, 1.807) is 12.3 Å². The van der Waals surface area contributed by atoms with E-state index in [0.29, 0.717) is 17.9 Å². The maximum Gasteiger partial charge on any atom is 0.254 e. The highest BCUT2D eigenvalue weighted by molar-refractivity contribution is 5.05. The lowest BCUT2D eigenvalue weighted by Crippen LogP contribution is -2.32. The first kappa shape index (κ1) is 7.38. The molecule has 0 N–H and O–H groups in total. The Balaban J connectivity index is 1.68. The van der Waals surface area contributed by atoms with E-state index in [0.717, 1.165) is 6.54 Å². The smallest absolute Gasteiger partial charge is 0.254 e. The fourth-order valence-electron chi connectivity index (χ4n) is 2.29. The Hall–Kier alpha value is -1.03. The molecular weight excluding hydrogens is 168 g/mol. The van der Waals surface area contributed by atoms with E-state index in [1.807, 2.05) is 0 Å². The lowest BCUT2D eigenvalue weighted by atomic mass is 10.0. The van der Waals surface area contributed by atoms with Crippen molar-refractivity contribution in [2.24, 2.45) is 5.92 Å². The van der Waals surface area contributed by atoms with Crippen molar-refractivity contribution in [2.45, 2.75) is 12.5 Å². The first-order valence-electron chi connectivity index (χ1n) is 4.71. The largest absolute Gasteiger partial charge is 0.470 e. The van der Waals surface area contributed by atoms with Gasteiger partial charge in [-0.05, 0) is 18.1 Å². The summed E-state index contributed by atoms with van der Waals surface area (Å²) in [6.45, 7) is 3.49. The molecular formula is C9H12N2O2. The summed E-state index contributed by atoms with van der Waals surface area (Å²) in [5, 5.41) is 3.75. The lowest BCUT2D eigenvalue weighted by Gasteiger charge is -2.21. The number of rotatable bonds is 2. The lowest BCUT2D eigenvalue weighted by molar-refractivity contribution is 0.130. The van der Waals surface area contributed by atoms with Crippen LogP contribution in [0.1, 0.15) is 6.42 Å². The molecule has 3 unspecified atom stereocenters. The molecule has 4 nitrogen and oxygen atoms in total. The molecule has 3 rings (SSSR count). The van der Waals surface area contributed by atoms with Crippen molar-refractivity contribution in [1.29, 1.82) is 0 Å². The second-order valence-electron chi connectivity index (χ2n) is 3.80. The van der Waals surface area contributed by atoms with Crippen LogP contribution in [-0.4, -0.2) is 35.8 Å². The number of nitrogens with zero attached hydrogens (tertiary/aromatic N) is 2. The fraction of sp³-hybridized carbons (Fsp3) is 0.667. The molecule has 13 heavy (non-hydrogen) atoms.